The molecule has 3 heteroatoms. The maximum absolute atomic E-state index is 8.80. The first-order valence-corrected chi connectivity index (χ1v) is 4.66. The summed E-state index contributed by atoms with van der Waals surface area (Å²) in [6.45, 7) is 7.57. The average Bonchev–Trinajstić information content (AvgIpc) is 2.09. The van der Waals surface area contributed by atoms with E-state index < -0.39 is 0 Å². The highest BCUT2D eigenvalue weighted by atomic mass is 16.5. The maximum atomic E-state index is 8.80. The van der Waals surface area contributed by atoms with Gasteiger partial charge in [-0.25, -0.2) is 0 Å². The van der Waals surface area contributed by atoms with E-state index >= 15 is 0 Å². The minimum absolute atomic E-state index is 0.209. The number of hydrogen-bond donors (Lipinski definition) is 1. The lowest BCUT2D eigenvalue weighted by atomic mass is 10.3. The fourth-order valence-electron chi connectivity index (χ4n) is 0.968. The highest BCUT2D eigenvalue weighted by Crippen LogP contribution is 1.93. The van der Waals surface area contributed by atoms with Crippen LogP contribution in [0.15, 0.2) is 11.6 Å². The summed E-state index contributed by atoms with van der Waals surface area (Å²) in [6, 6.07) is 0. The van der Waals surface area contributed by atoms with Crippen molar-refractivity contribution < 1.29 is 9.84 Å². The number of allylic oxidation sites excluding steroid dienone is 1. The average molecular weight is 187 g/mol. The van der Waals surface area contributed by atoms with Crippen molar-refractivity contribution in [3.8, 4) is 0 Å². The third kappa shape index (κ3) is 7.96. The van der Waals surface area contributed by atoms with E-state index in [-0.39, 0.29) is 6.61 Å². The van der Waals surface area contributed by atoms with E-state index in [9.17, 15) is 0 Å². The predicted molar refractivity (Wildman–Crippen MR) is 54.8 cm³/mol. The summed E-state index contributed by atoms with van der Waals surface area (Å²) >= 11 is 0. The Hall–Kier alpha value is -0.380. The third-order valence-electron chi connectivity index (χ3n) is 1.79. The van der Waals surface area contributed by atoms with Crippen molar-refractivity contribution in [3.05, 3.63) is 11.6 Å². The monoisotopic (exact) mass is 187 g/mol. The summed E-state index contributed by atoms with van der Waals surface area (Å²) in [5.74, 6) is 0. The number of hydrogen-bond acceptors (Lipinski definition) is 3. The molecule has 0 aromatic carbocycles. The molecule has 0 heterocycles. The number of ether oxygens (including phenoxy) is 1. The molecule has 0 saturated heterocycles. The molecule has 0 aliphatic heterocycles. The van der Waals surface area contributed by atoms with E-state index in [0.717, 1.165) is 19.7 Å². The summed E-state index contributed by atoms with van der Waals surface area (Å²) in [7, 11) is 1.69. The largest absolute Gasteiger partial charge is 0.395 e. The molecule has 0 aliphatic rings. The molecule has 0 aliphatic carbocycles. The van der Waals surface area contributed by atoms with E-state index in [0.29, 0.717) is 6.54 Å². The number of aliphatic hydroxyl groups is 1. The van der Waals surface area contributed by atoms with Crippen molar-refractivity contribution in [2.75, 3.05) is 40.0 Å². The van der Waals surface area contributed by atoms with Gasteiger partial charge in [0.1, 0.15) is 0 Å². The van der Waals surface area contributed by atoms with Crippen LogP contribution in [0.1, 0.15) is 13.8 Å². The van der Waals surface area contributed by atoms with Crippen LogP contribution < -0.4 is 0 Å². The molecule has 0 spiro atoms. The Morgan fingerprint density at radius 3 is 2.54 bits per heavy atom. The van der Waals surface area contributed by atoms with Gasteiger partial charge in [0.25, 0.3) is 0 Å². The molecule has 0 amide bonds. The summed E-state index contributed by atoms with van der Waals surface area (Å²) in [4.78, 5) is 2.16. The van der Waals surface area contributed by atoms with Gasteiger partial charge in [-0.2, -0.15) is 0 Å². The first-order chi connectivity index (χ1) is 6.20. The van der Waals surface area contributed by atoms with Crippen LogP contribution in [0.25, 0.3) is 0 Å². The van der Waals surface area contributed by atoms with Gasteiger partial charge in [0.05, 0.1) is 13.2 Å². The van der Waals surface area contributed by atoms with Gasteiger partial charge in [-0.05, 0) is 13.8 Å². The minimum Gasteiger partial charge on any atom is -0.395 e. The molecule has 78 valence electrons. The third-order valence-corrected chi connectivity index (χ3v) is 1.79. The molecule has 0 bridgehead atoms. The van der Waals surface area contributed by atoms with Crippen LogP contribution in [0.3, 0.4) is 0 Å². The Balaban J connectivity index is 3.72. The van der Waals surface area contributed by atoms with Crippen molar-refractivity contribution in [1.29, 1.82) is 0 Å². The Bertz CT molecular complexity index is 142. The molecule has 0 unspecified atom stereocenters. The minimum atomic E-state index is 0.209. The highest BCUT2D eigenvalue weighted by Gasteiger charge is 2.00. The van der Waals surface area contributed by atoms with Crippen LogP contribution in [-0.4, -0.2) is 50.0 Å². The molecule has 0 aromatic rings. The molecular weight excluding hydrogens is 166 g/mol. The van der Waals surface area contributed by atoms with Gasteiger partial charge in [-0.15, -0.1) is 0 Å². The number of methoxy groups -OCH3 is 1. The van der Waals surface area contributed by atoms with Crippen LogP contribution >= 0.6 is 0 Å². The highest BCUT2D eigenvalue weighted by molar-refractivity contribution is 4.94. The second-order valence-corrected chi connectivity index (χ2v) is 3.30. The van der Waals surface area contributed by atoms with Crippen molar-refractivity contribution in [2.45, 2.75) is 13.8 Å². The number of rotatable bonds is 7. The molecule has 0 radical (unpaired) electrons. The Kier molecular flexibility index (Phi) is 7.99. The van der Waals surface area contributed by atoms with E-state index in [1.807, 2.05) is 0 Å². The van der Waals surface area contributed by atoms with Crippen LogP contribution in [-0.2, 0) is 4.74 Å². The van der Waals surface area contributed by atoms with Gasteiger partial charge in [0.2, 0.25) is 0 Å². The zero-order valence-corrected chi connectivity index (χ0v) is 8.92. The standard InChI is InChI=1S/C10H21NO2/c1-10(2)4-5-11(6-8-12)7-9-13-3/h4,12H,5-9H2,1-3H3. The lowest BCUT2D eigenvalue weighted by Gasteiger charge is -2.18. The van der Waals surface area contributed by atoms with Crippen molar-refractivity contribution in [1.82, 2.24) is 4.90 Å². The van der Waals surface area contributed by atoms with Gasteiger partial charge < -0.3 is 9.84 Å². The zero-order valence-electron chi connectivity index (χ0n) is 8.92. The second kappa shape index (κ2) is 8.23. The topological polar surface area (TPSA) is 32.7 Å². The number of nitrogens with zero attached hydrogens (tertiary/aromatic N) is 1. The van der Waals surface area contributed by atoms with Crippen molar-refractivity contribution >= 4 is 0 Å². The van der Waals surface area contributed by atoms with Gasteiger partial charge in [0.15, 0.2) is 0 Å². The van der Waals surface area contributed by atoms with E-state index in [1.54, 1.807) is 7.11 Å². The molecule has 0 rings (SSSR count). The number of aliphatic hydroxyl groups excluding tert-OH is 1. The predicted octanol–water partition coefficient (Wildman–Crippen LogP) is 0.893. The Labute approximate surface area is 81.0 Å². The molecule has 1 N–H and O–H groups in total. The van der Waals surface area contributed by atoms with Crippen LogP contribution in [0.5, 0.6) is 0 Å². The van der Waals surface area contributed by atoms with E-state index in [4.69, 9.17) is 9.84 Å². The second-order valence-electron chi connectivity index (χ2n) is 3.30. The van der Waals surface area contributed by atoms with Gasteiger partial charge in [-0.1, -0.05) is 11.6 Å². The van der Waals surface area contributed by atoms with Gasteiger partial charge >= 0.3 is 0 Å². The summed E-state index contributed by atoms with van der Waals surface area (Å²) in [5, 5.41) is 8.80. The Morgan fingerprint density at radius 2 is 2.08 bits per heavy atom. The fraction of sp³-hybridized carbons (Fsp3) is 0.800. The van der Waals surface area contributed by atoms with Crippen LogP contribution in [0.2, 0.25) is 0 Å². The normalized spacial score (nSPS) is 10.5. The molecule has 0 saturated carbocycles. The van der Waals surface area contributed by atoms with Gasteiger partial charge in [0, 0.05) is 26.7 Å². The Morgan fingerprint density at radius 1 is 1.38 bits per heavy atom. The van der Waals surface area contributed by atoms with Crippen molar-refractivity contribution in [2.24, 2.45) is 0 Å². The lowest BCUT2D eigenvalue weighted by Crippen LogP contribution is -2.30. The SMILES string of the molecule is COCCN(CC=C(C)C)CCO. The first-order valence-electron chi connectivity index (χ1n) is 4.66. The van der Waals surface area contributed by atoms with Crippen LogP contribution in [0.4, 0.5) is 0 Å². The molecule has 0 aromatic heterocycles. The lowest BCUT2D eigenvalue weighted by molar-refractivity contribution is 0.138. The molecular formula is C10H21NO2. The van der Waals surface area contributed by atoms with Crippen molar-refractivity contribution in [3.63, 3.8) is 0 Å². The quantitative estimate of drug-likeness (QED) is 0.601. The summed E-state index contributed by atoms with van der Waals surface area (Å²) < 4.78 is 4.98. The molecule has 0 atom stereocenters. The van der Waals surface area contributed by atoms with Crippen LogP contribution in [0, 0.1) is 0 Å². The van der Waals surface area contributed by atoms with Gasteiger partial charge in [-0.3, -0.25) is 4.90 Å². The first kappa shape index (κ1) is 12.6. The molecule has 0 fully saturated rings. The molecule has 3 nitrogen and oxygen atoms in total. The smallest absolute Gasteiger partial charge is 0.0589 e. The molecule has 13 heavy (non-hydrogen) atoms. The zero-order chi connectivity index (χ0) is 10.1. The summed E-state index contributed by atoms with van der Waals surface area (Å²) in [6.07, 6.45) is 2.16. The van der Waals surface area contributed by atoms with E-state index in [2.05, 4.69) is 24.8 Å². The summed E-state index contributed by atoms with van der Waals surface area (Å²) in [5.41, 5.74) is 1.31. The van der Waals surface area contributed by atoms with E-state index in [1.165, 1.54) is 5.57 Å². The fourth-order valence-corrected chi connectivity index (χ4v) is 0.968. The maximum Gasteiger partial charge on any atom is 0.0589 e.